The van der Waals surface area contributed by atoms with Crippen LogP contribution in [0.3, 0.4) is 0 Å². The molecule has 6 heteroatoms. The zero-order chi connectivity index (χ0) is 15.9. The molecule has 0 saturated heterocycles. The van der Waals surface area contributed by atoms with E-state index in [9.17, 15) is 12.8 Å². The van der Waals surface area contributed by atoms with Gasteiger partial charge in [-0.05, 0) is 30.5 Å². The van der Waals surface area contributed by atoms with Crippen molar-refractivity contribution in [1.82, 2.24) is 4.72 Å². The van der Waals surface area contributed by atoms with Crippen molar-refractivity contribution in [2.45, 2.75) is 51.0 Å². The first-order chi connectivity index (χ1) is 9.94. The zero-order valence-electron chi connectivity index (χ0n) is 12.6. The summed E-state index contributed by atoms with van der Waals surface area (Å²) in [7, 11) is -3.67. The van der Waals surface area contributed by atoms with Crippen LogP contribution >= 0.6 is 0 Å². The van der Waals surface area contributed by atoms with E-state index in [1.807, 2.05) is 6.92 Å². The fourth-order valence-corrected chi connectivity index (χ4v) is 3.26. The lowest BCUT2D eigenvalue weighted by Gasteiger charge is -2.15. The van der Waals surface area contributed by atoms with Gasteiger partial charge in [0.2, 0.25) is 10.0 Å². The van der Waals surface area contributed by atoms with Gasteiger partial charge < -0.3 is 5.11 Å². The van der Waals surface area contributed by atoms with E-state index in [0.717, 1.165) is 31.7 Å². The molecule has 0 heterocycles. The average molecular weight is 317 g/mol. The Hall–Kier alpha value is -0.980. The number of aliphatic hydroxyl groups is 1. The van der Waals surface area contributed by atoms with Gasteiger partial charge in [-0.15, -0.1) is 0 Å². The first-order valence-corrected chi connectivity index (χ1v) is 8.81. The van der Waals surface area contributed by atoms with Crippen LogP contribution in [0.25, 0.3) is 0 Å². The highest BCUT2D eigenvalue weighted by atomic mass is 32.2. The highest BCUT2D eigenvalue weighted by molar-refractivity contribution is 7.89. The van der Waals surface area contributed by atoms with Crippen molar-refractivity contribution in [2.24, 2.45) is 5.92 Å². The third-order valence-electron chi connectivity index (χ3n) is 3.60. The van der Waals surface area contributed by atoms with Gasteiger partial charge in [-0.3, -0.25) is 0 Å². The molecule has 0 amide bonds. The van der Waals surface area contributed by atoms with Crippen LogP contribution in [0.15, 0.2) is 23.1 Å². The summed E-state index contributed by atoms with van der Waals surface area (Å²) >= 11 is 0. The van der Waals surface area contributed by atoms with E-state index in [2.05, 4.69) is 11.6 Å². The molecular formula is C15H24FNO3S. The lowest BCUT2D eigenvalue weighted by atomic mass is 10.00. The first kappa shape index (κ1) is 18.1. The monoisotopic (exact) mass is 317 g/mol. The summed E-state index contributed by atoms with van der Waals surface area (Å²) in [6, 6.07) is 3.45. The lowest BCUT2D eigenvalue weighted by Crippen LogP contribution is -2.29. The van der Waals surface area contributed by atoms with Crippen LogP contribution in [0, 0.1) is 11.7 Å². The zero-order valence-corrected chi connectivity index (χ0v) is 13.4. The smallest absolute Gasteiger partial charge is 0.240 e. The number of nitrogens with one attached hydrogen (secondary N) is 1. The Bertz CT molecular complexity index is 546. The number of unbranched alkanes of at least 4 members (excludes halogenated alkanes) is 1. The third kappa shape index (κ3) is 5.37. The molecular weight excluding hydrogens is 293 g/mol. The molecule has 0 aliphatic carbocycles. The molecule has 0 aliphatic rings. The summed E-state index contributed by atoms with van der Waals surface area (Å²) in [5, 5.41) is 9.01. The standard InChI is InChI=1S/C15H24FNO3S/c1-3-5-6-12(4-2)10-17-21(19,20)14-7-8-15(16)13(9-14)11-18/h7-9,12,17-18H,3-6,10-11H2,1-2H3. The lowest BCUT2D eigenvalue weighted by molar-refractivity contribution is 0.275. The summed E-state index contributed by atoms with van der Waals surface area (Å²) < 4.78 is 40.2. The van der Waals surface area contributed by atoms with Crippen molar-refractivity contribution in [1.29, 1.82) is 0 Å². The summed E-state index contributed by atoms with van der Waals surface area (Å²) in [5.41, 5.74) is -0.0177. The van der Waals surface area contributed by atoms with Crippen LogP contribution in [-0.4, -0.2) is 20.1 Å². The first-order valence-electron chi connectivity index (χ1n) is 7.33. The molecule has 0 bridgehead atoms. The molecule has 0 aromatic heterocycles. The van der Waals surface area contributed by atoms with Crippen molar-refractivity contribution in [3.63, 3.8) is 0 Å². The predicted molar refractivity (Wildman–Crippen MR) is 80.8 cm³/mol. The highest BCUT2D eigenvalue weighted by Crippen LogP contribution is 2.17. The molecule has 1 rings (SSSR count). The van der Waals surface area contributed by atoms with Gasteiger partial charge in [-0.25, -0.2) is 17.5 Å². The molecule has 0 fully saturated rings. The van der Waals surface area contributed by atoms with Gasteiger partial charge in [0.1, 0.15) is 5.82 Å². The molecule has 1 unspecified atom stereocenters. The van der Waals surface area contributed by atoms with Crippen LogP contribution in [0.5, 0.6) is 0 Å². The van der Waals surface area contributed by atoms with Crippen molar-refractivity contribution in [2.75, 3.05) is 6.54 Å². The van der Waals surface area contributed by atoms with E-state index in [1.54, 1.807) is 0 Å². The minimum Gasteiger partial charge on any atom is -0.392 e. The second-order valence-corrected chi connectivity index (χ2v) is 6.95. The third-order valence-corrected chi connectivity index (χ3v) is 5.02. The van der Waals surface area contributed by atoms with Crippen LogP contribution in [-0.2, 0) is 16.6 Å². The van der Waals surface area contributed by atoms with E-state index in [4.69, 9.17) is 5.11 Å². The molecule has 0 saturated carbocycles. The van der Waals surface area contributed by atoms with Gasteiger partial charge in [0.15, 0.2) is 0 Å². The van der Waals surface area contributed by atoms with E-state index < -0.39 is 22.4 Å². The van der Waals surface area contributed by atoms with Gasteiger partial charge in [0.05, 0.1) is 11.5 Å². The number of halogens is 1. The number of aliphatic hydroxyl groups excluding tert-OH is 1. The number of hydrogen-bond acceptors (Lipinski definition) is 3. The second kappa shape index (κ2) is 8.46. The normalized spacial score (nSPS) is 13.3. The molecule has 0 aliphatic heterocycles. The van der Waals surface area contributed by atoms with Gasteiger partial charge in [0.25, 0.3) is 0 Å². The molecule has 2 N–H and O–H groups in total. The highest BCUT2D eigenvalue weighted by Gasteiger charge is 2.17. The quantitative estimate of drug-likeness (QED) is 0.736. The summed E-state index contributed by atoms with van der Waals surface area (Å²) in [5.74, 6) is -0.302. The maximum absolute atomic E-state index is 13.3. The number of benzene rings is 1. The maximum Gasteiger partial charge on any atom is 0.240 e. The largest absolute Gasteiger partial charge is 0.392 e. The Balaban J connectivity index is 2.77. The summed E-state index contributed by atoms with van der Waals surface area (Å²) in [6.07, 6.45) is 4.06. The summed E-state index contributed by atoms with van der Waals surface area (Å²) in [4.78, 5) is -0.0155. The van der Waals surface area contributed by atoms with E-state index in [1.165, 1.54) is 12.1 Å². The Morgan fingerprint density at radius 1 is 1.33 bits per heavy atom. The van der Waals surface area contributed by atoms with E-state index >= 15 is 0 Å². The van der Waals surface area contributed by atoms with E-state index in [0.29, 0.717) is 12.5 Å². The van der Waals surface area contributed by atoms with Crippen molar-refractivity contribution >= 4 is 10.0 Å². The fourth-order valence-electron chi connectivity index (χ4n) is 2.09. The predicted octanol–water partition coefficient (Wildman–Crippen LogP) is 2.81. The topological polar surface area (TPSA) is 66.4 Å². The van der Waals surface area contributed by atoms with Crippen molar-refractivity contribution < 1.29 is 17.9 Å². The number of rotatable bonds is 9. The minimum absolute atomic E-state index is 0.0155. The van der Waals surface area contributed by atoms with Gasteiger partial charge in [0, 0.05) is 12.1 Å². The molecule has 21 heavy (non-hydrogen) atoms. The minimum atomic E-state index is -3.67. The maximum atomic E-state index is 13.3. The average Bonchev–Trinajstić information content (AvgIpc) is 2.47. The summed E-state index contributed by atoms with van der Waals surface area (Å²) in [6.45, 7) is 4.00. The van der Waals surface area contributed by atoms with Crippen LogP contribution < -0.4 is 4.72 Å². The van der Waals surface area contributed by atoms with Crippen molar-refractivity contribution in [3.8, 4) is 0 Å². The van der Waals surface area contributed by atoms with Crippen LogP contribution in [0.2, 0.25) is 0 Å². The van der Waals surface area contributed by atoms with Crippen LogP contribution in [0.1, 0.15) is 45.1 Å². The SMILES string of the molecule is CCCCC(CC)CNS(=O)(=O)c1ccc(F)c(CO)c1. The Morgan fingerprint density at radius 2 is 2.05 bits per heavy atom. The van der Waals surface area contributed by atoms with Crippen molar-refractivity contribution in [3.05, 3.63) is 29.6 Å². The Morgan fingerprint density at radius 3 is 2.62 bits per heavy atom. The Kier molecular flexibility index (Phi) is 7.28. The molecule has 4 nitrogen and oxygen atoms in total. The number of hydrogen-bond donors (Lipinski definition) is 2. The Labute approximate surface area is 126 Å². The van der Waals surface area contributed by atoms with E-state index in [-0.39, 0.29) is 10.5 Å². The molecule has 1 aromatic carbocycles. The van der Waals surface area contributed by atoms with Gasteiger partial charge in [-0.2, -0.15) is 0 Å². The van der Waals surface area contributed by atoms with Gasteiger partial charge in [-0.1, -0.05) is 33.1 Å². The molecule has 0 spiro atoms. The van der Waals surface area contributed by atoms with Gasteiger partial charge >= 0.3 is 0 Å². The van der Waals surface area contributed by atoms with Crippen LogP contribution in [0.4, 0.5) is 4.39 Å². The second-order valence-electron chi connectivity index (χ2n) is 5.18. The fraction of sp³-hybridized carbons (Fsp3) is 0.600. The molecule has 0 radical (unpaired) electrons. The molecule has 1 atom stereocenters. The number of sulfonamides is 1. The molecule has 120 valence electrons. The molecule has 1 aromatic rings.